The molecule has 2 amide bonds. The molecule has 1 rings (SSSR count). The van der Waals surface area contributed by atoms with Crippen LogP contribution in [0.2, 0.25) is 0 Å². The number of carboxylic acids is 1. The molecule has 6 nitrogen and oxygen atoms in total. The van der Waals surface area contributed by atoms with Crippen molar-refractivity contribution in [1.29, 1.82) is 0 Å². The summed E-state index contributed by atoms with van der Waals surface area (Å²) in [5.41, 5.74) is 0. The second kappa shape index (κ2) is 7.26. The van der Waals surface area contributed by atoms with E-state index >= 15 is 0 Å². The normalized spacial score (nSPS) is 18.6. The maximum absolute atomic E-state index is 11.9. The van der Waals surface area contributed by atoms with Gasteiger partial charge in [-0.1, -0.05) is 26.7 Å². The van der Waals surface area contributed by atoms with Crippen molar-refractivity contribution in [3.8, 4) is 0 Å². The highest BCUT2D eigenvalue weighted by molar-refractivity contribution is 5.90. The molecule has 0 aromatic carbocycles. The van der Waals surface area contributed by atoms with Gasteiger partial charge in [-0.15, -0.1) is 0 Å². The topological polar surface area (TPSA) is 95.5 Å². The third-order valence-electron chi connectivity index (χ3n) is 3.71. The molecule has 0 aliphatic heterocycles. The van der Waals surface area contributed by atoms with Crippen LogP contribution in [0.5, 0.6) is 0 Å². The molecule has 0 aromatic rings. The van der Waals surface area contributed by atoms with E-state index in [0.717, 1.165) is 25.7 Å². The molecular weight excluding hydrogens is 260 g/mol. The van der Waals surface area contributed by atoms with Crippen LogP contribution in [0, 0.1) is 11.8 Å². The van der Waals surface area contributed by atoms with Gasteiger partial charge >= 0.3 is 5.97 Å². The van der Waals surface area contributed by atoms with E-state index < -0.39 is 24.0 Å². The molecule has 2 unspecified atom stereocenters. The Labute approximate surface area is 119 Å². The van der Waals surface area contributed by atoms with Gasteiger partial charge in [0.2, 0.25) is 11.8 Å². The molecule has 0 saturated heterocycles. The Balaban J connectivity index is 2.49. The van der Waals surface area contributed by atoms with Crippen LogP contribution in [-0.2, 0) is 14.4 Å². The van der Waals surface area contributed by atoms with E-state index in [9.17, 15) is 14.4 Å². The Morgan fingerprint density at radius 1 is 1.05 bits per heavy atom. The molecule has 0 spiro atoms. The third kappa shape index (κ3) is 4.51. The zero-order chi connectivity index (χ0) is 15.3. The smallest absolute Gasteiger partial charge is 0.326 e. The first-order chi connectivity index (χ1) is 9.32. The SMILES string of the molecule is CC(NC(=O)C1CCCC1)C(=O)NC(C(=O)O)C(C)C. The molecular formula is C14H24N2O4. The average molecular weight is 284 g/mol. The van der Waals surface area contributed by atoms with Crippen molar-refractivity contribution in [2.24, 2.45) is 11.8 Å². The summed E-state index contributed by atoms with van der Waals surface area (Å²) in [6, 6.07) is -1.66. The fourth-order valence-electron chi connectivity index (χ4n) is 2.38. The minimum Gasteiger partial charge on any atom is -0.480 e. The molecule has 1 aliphatic rings. The number of carbonyl (C=O) groups is 3. The van der Waals surface area contributed by atoms with Gasteiger partial charge in [-0.3, -0.25) is 9.59 Å². The largest absolute Gasteiger partial charge is 0.480 e. The van der Waals surface area contributed by atoms with Crippen LogP contribution in [0.15, 0.2) is 0 Å². The molecule has 6 heteroatoms. The van der Waals surface area contributed by atoms with Crippen molar-refractivity contribution in [3.63, 3.8) is 0 Å². The highest BCUT2D eigenvalue weighted by Crippen LogP contribution is 2.24. The van der Waals surface area contributed by atoms with Crippen LogP contribution in [-0.4, -0.2) is 35.0 Å². The van der Waals surface area contributed by atoms with Crippen LogP contribution in [0.4, 0.5) is 0 Å². The second-order valence-electron chi connectivity index (χ2n) is 5.78. The van der Waals surface area contributed by atoms with E-state index in [1.807, 2.05) is 0 Å². The first kappa shape index (κ1) is 16.5. The summed E-state index contributed by atoms with van der Waals surface area (Å²) < 4.78 is 0. The first-order valence-corrected chi connectivity index (χ1v) is 7.16. The van der Waals surface area contributed by atoms with E-state index in [-0.39, 0.29) is 17.7 Å². The predicted molar refractivity (Wildman–Crippen MR) is 74.0 cm³/mol. The monoisotopic (exact) mass is 284 g/mol. The molecule has 0 radical (unpaired) electrons. The lowest BCUT2D eigenvalue weighted by Gasteiger charge is -2.22. The van der Waals surface area contributed by atoms with Gasteiger partial charge in [-0.25, -0.2) is 4.79 Å². The molecule has 1 fully saturated rings. The van der Waals surface area contributed by atoms with E-state index in [1.165, 1.54) is 0 Å². The van der Waals surface area contributed by atoms with Gasteiger partial charge in [0, 0.05) is 5.92 Å². The number of carbonyl (C=O) groups excluding carboxylic acids is 2. The summed E-state index contributed by atoms with van der Waals surface area (Å²) >= 11 is 0. The van der Waals surface area contributed by atoms with Crippen molar-refractivity contribution in [1.82, 2.24) is 10.6 Å². The Morgan fingerprint density at radius 2 is 1.60 bits per heavy atom. The number of amides is 2. The van der Waals surface area contributed by atoms with Gasteiger partial charge in [0.25, 0.3) is 0 Å². The van der Waals surface area contributed by atoms with Crippen molar-refractivity contribution in [3.05, 3.63) is 0 Å². The van der Waals surface area contributed by atoms with E-state index in [1.54, 1.807) is 20.8 Å². The number of nitrogens with one attached hydrogen (secondary N) is 2. The molecule has 1 aliphatic carbocycles. The number of hydrogen-bond donors (Lipinski definition) is 3. The maximum Gasteiger partial charge on any atom is 0.326 e. The highest BCUT2D eigenvalue weighted by Gasteiger charge is 2.28. The lowest BCUT2D eigenvalue weighted by atomic mass is 10.0. The molecule has 0 bridgehead atoms. The van der Waals surface area contributed by atoms with Gasteiger partial charge in [0.15, 0.2) is 0 Å². The average Bonchev–Trinajstić information content (AvgIpc) is 2.88. The standard InChI is InChI=1S/C14H24N2O4/c1-8(2)11(14(19)20)16-12(17)9(3)15-13(18)10-6-4-5-7-10/h8-11H,4-7H2,1-3H3,(H,15,18)(H,16,17)(H,19,20). The minimum absolute atomic E-state index is 0.00869. The third-order valence-corrected chi connectivity index (χ3v) is 3.71. The zero-order valence-electron chi connectivity index (χ0n) is 12.3. The van der Waals surface area contributed by atoms with Crippen molar-refractivity contribution < 1.29 is 19.5 Å². The van der Waals surface area contributed by atoms with E-state index in [0.29, 0.717) is 0 Å². The predicted octanol–water partition coefficient (Wildman–Crippen LogP) is 0.907. The summed E-state index contributed by atoms with van der Waals surface area (Å²) in [7, 11) is 0. The van der Waals surface area contributed by atoms with Crippen LogP contribution >= 0.6 is 0 Å². The Hall–Kier alpha value is -1.59. The van der Waals surface area contributed by atoms with Gasteiger partial charge in [-0.2, -0.15) is 0 Å². The second-order valence-corrected chi connectivity index (χ2v) is 5.78. The van der Waals surface area contributed by atoms with E-state index in [2.05, 4.69) is 10.6 Å². The fourth-order valence-corrected chi connectivity index (χ4v) is 2.38. The maximum atomic E-state index is 11.9. The van der Waals surface area contributed by atoms with Crippen molar-refractivity contribution in [2.45, 2.75) is 58.5 Å². The summed E-state index contributed by atoms with van der Waals surface area (Å²) in [4.78, 5) is 34.9. The number of hydrogen-bond acceptors (Lipinski definition) is 3. The number of aliphatic carboxylic acids is 1. The number of carboxylic acid groups (broad SMARTS) is 1. The first-order valence-electron chi connectivity index (χ1n) is 7.16. The molecule has 20 heavy (non-hydrogen) atoms. The molecule has 0 aromatic heterocycles. The van der Waals surface area contributed by atoms with Gasteiger partial charge in [-0.05, 0) is 25.7 Å². The summed E-state index contributed by atoms with van der Waals surface area (Å²) in [6.07, 6.45) is 3.83. The van der Waals surface area contributed by atoms with Gasteiger partial charge in [0.1, 0.15) is 12.1 Å². The van der Waals surface area contributed by atoms with Gasteiger partial charge < -0.3 is 15.7 Å². The van der Waals surface area contributed by atoms with Crippen molar-refractivity contribution in [2.75, 3.05) is 0 Å². The quantitative estimate of drug-likeness (QED) is 0.675. The van der Waals surface area contributed by atoms with Crippen molar-refractivity contribution >= 4 is 17.8 Å². The summed E-state index contributed by atoms with van der Waals surface area (Å²) in [6.45, 7) is 5.02. The van der Waals surface area contributed by atoms with Crippen LogP contribution in [0.1, 0.15) is 46.5 Å². The minimum atomic E-state index is -1.07. The lowest BCUT2D eigenvalue weighted by Crippen LogP contribution is -2.52. The fraction of sp³-hybridized carbons (Fsp3) is 0.786. The Bertz CT molecular complexity index is 375. The van der Waals surface area contributed by atoms with Crippen LogP contribution in [0.3, 0.4) is 0 Å². The Kier molecular flexibility index (Phi) is 5.98. The molecule has 0 heterocycles. The highest BCUT2D eigenvalue weighted by atomic mass is 16.4. The lowest BCUT2D eigenvalue weighted by molar-refractivity contribution is -0.143. The van der Waals surface area contributed by atoms with Gasteiger partial charge in [0.05, 0.1) is 0 Å². The number of rotatable bonds is 6. The van der Waals surface area contributed by atoms with Crippen LogP contribution in [0.25, 0.3) is 0 Å². The Morgan fingerprint density at radius 3 is 2.05 bits per heavy atom. The van der Waals surface area contributed by atoms with E-state index in [4.69, 9.17) is 5.11 Å². The zero-order valence-corrected chi connectivity index (χ0v) is 12.3. The molecule has 2 atom stereocenters. The summed E-state index contributed by atoms with van der Waals surface area (Å²) in [5, 5.41) is 14.1. The molecule has 114 valence electrons. The molecule has 1 saturated carbocycles. The molecule has 3 N–H and O–H groups in total. The summed E-state index contributed by atoms with van der Waals surface area (Å²) in [5.74, 6) is -1.86. The van der Waals surface area contributed by atoms with Crippen LogP contribution < -0.4 is 10.6 Å².